The first-order valence-corrected chi connectivity index (χ1v) is 5.71. The van der Waals surface area contributed by atoms with E-state index in [1.807, 2.05) is 0 Å². The molecule has 110 valence electrons. The van der Waals surface area contributed by atoms with Crippen molar-refractivity contribution in [2.45, 2.75) is 45.9 Å². The maximum absolute atomic E-state index is 11.1. The Morgan fingerprint density at radius 3 is 1.89 bits per heavy atom. The molecule has 0 amide bonds. The quantitative estimate of drug-likeness (QED) is 0.570. The van der Waals surface area contributed by atoms with Gasteiger partial charge in [-0.05, 0) is 12.8 Å². The summed E-state index contributed by atoms with van der Waals surface area (Å²) in [6.45, 7) is 3.96. The molecule has 0 aliphatic carbocycles. The minimum absolute atomic E-state index is 0. The van der Waals surface area contributed by atoms with Crippen molar-refractivity contribution in [1.82, 2.24) is 5.06 Å². The van der Waals surface area contributed by atoms with Crippen molar-refractivity contribution in [3.63, 3.8) is 0 Å². The normalized spacial score (nSPS) is 17.8. The number of carbonyl (C=O) groups is 3. The van der Waals surface area contributed by atoms with Crippen LogP contribution in [0.3, 0.4) is 0 Å². The lowest BCUT2D eigenvalue weighted by molar-refractivity contribution is -0.376. The Bertz CT molecular complexity index is 343. The van der Waals surface area contributed by atoms with Gasteiger partial charge >= 0.3 is 23.8 Å². The van der Waals surface area contributed by atoms with E-state index in [4.69, 9.17) is 14.3 Å². The lowest BCUT2D eigenvalue weighted by Crippen LogP contribution is -2.57. The summed E-state index contributed by atoms with van der Waals surface area (Å²) in [4.78, 5) is 38.3. The fourth-order valence-electron chi connectivity index (χ4n) is 1.84. The first-order valence-electron chi connectivity index (χ1n) is 5.71. The molecule has 1 fully saturated rings. The summed E-state index contributed by atoms with van der Waals surface area (Å²) >= 11 is 0. The van der Waals surface area contributed by atoms with Gasteiger partial charge in [0.1, 0.15) is 0 Å². The number of halogens is 1. The number of hydrogen-bond donors (Lipinski definition) is 0. The minimum atomic E-state index is -1.64. The average Bonchev–Trinajstić information content (AvgIpc) is 2.18. The molecular formula is C11H18ClNO6. The van der Waals surface area contributed by atoms with Gasteiger partial charge in [0.2, 0.25) is 0 Å². The van der Waals surface area contributed by atoms with Crippen molar-refractivity contribution >= 4 is 30.3 Å². The molecule has 1 saturated heterocycles. The van der Waals surface area contributed by atoms with E-state index in [9.17, 15) is 14.4 Å². The van der Waals surface area contributed by atoms with Gasteiger partial charge in [0.15, 0.2) is 0 Å². The molecule has 0 unspecified atom stereocenters. The number of esters is 2. The number of ether oxygens (including phenoxy) is 2. The van der Waals surface area contributed by atoms with Gasteiger partial charge in [-0.3, -0.25) is 14.4 Å². The number of rotatable bonds is 3. The van der Waals surface area contributed by atoms with E-state index >= 15 is 0 Å². The Morgan fingerprint density at radius 2 is 1.47 bits per heavy atom. The van der Waals surface area contributed by atoms with Crippen LogP contribution in [0, 0.1) is 0 Å². The minimum Gasteiger partial charge on any atom is -0.406 e. The van der Waals surface area contributed by atoms with Crippen molar-refractivity contribution in [2.24, 2.45) is 0 Å². The van der Waals surface area contributed by atoms with E-state index in [-0.39, 0.29) is 18.8 Å². The van der Waals surface area contributed by atoms with Crippen LogP contribution in [0.2, 0.25) is 0 Å². The summed E-state index contributed by atoms with van der Waals surface area (Å²) in [5, 5.41) is 1.11. The van der Waals surface area contributed by atoms with Crippen LogP contribution in [0.25, 0.3) is 0 Å². The highest BCUT2D eigenvalue weighted by Crippen LogP contribution is 2.31. The summed E-state index contributed by atoms with van der Waals surface area (Å²) in [5.41, 5.74) is 0. The standard InChI is InChI=1S/C11H17NO6.ClH/c1-8(13)16-11(17-9(2)14)6-4-5-7-12(11)18-10(3)15;/h4-7H2,1-3H3;1H. The Kier molecular flexibility index (Phi) is 6.78. The third-order valence-electron chi connectivity index (χ3n) is 2.33. The monoisotopic (exact) mass is 295 g/mol. The predicted molar refractivity (Wildman–Crippen MR) is 65.8 cm³/mol. The summed E-state index contributed by atoms with van der Waals surface area (Å²) in [7, 11) is 0. The van der Waals surface area contributed by atoms with Gasteiger partial charge < -0.3 is 14.3 Å². The van der Waals surface area contributed by atoms with Gasteiger partial charge in [-0.1, -0.05) is 5.06 Å². The Morgan fingerprint density at radius 1 is 0.947 bits per heavy atom. The van der Waals surface area contributed by atoms with Crippen molar-refractivity contribution in [1.29, 1.82) is 0 Å². The average molecular weight is 296 g/mol. The van der Waals surface area contributed by atoms with Crippen molar-refractivity contribution < 1.29 is 28.7 Å². The lowest BCUT2D eigenvalue weighted by Gasteiger charge is -2.41. The largest absolute Gasteiger partial charge is 0.406 e. The number of carbonyl (C=O) groups excluding carboxylic acids is 3. The predicted octanol–water partition coefficient (Wildman–Crippen LogP) is 1.15. The molecule has 19 heavy (non-hydrogen) atoms. The molecule has 1 rings (SSSR count). The number of nitrogens with zero attached hydrogens (tertiary/aromatic N) is 1. The first kappa shape index (κ1) is 17.7. The van der Waals surface area contributed by atoms with Crippen molar-refractivity contribution in [3.8, 4) is 0 Å². The van der Waals surface area contributed by atoms with Crippen LogP contribution >= 0.6 is 12.4 Å². The number of hydrogen-bond acceptors (Lipinski definition) is 7. The molecule has 1 heterocycles. The Hall–Kier alpha value is -1.34. The molecule has 0 saturated carbocycles. The second-order valence-electron chi connectivity index (χ2n) is 4.04. The van der Waals surface area contributed by atoms with Crippen LogP contribution in [0.15, 0.2) is 0 Å². The highest BCUT2D eigenvalue weighted by molar-refractivity contribution is 5.85. The Labute approximate surface area is 117 Å². The lowest BCUT2D eigenvalue weighted by atomic mass is 10.1. The summed E-state index contributed by atoms with van der Waals surface area (Å²) < 4.78 is 10.1. The van der Waals surface area contributed by atoms with E-state index in [2.05, 4.69) is 0 Å². The highest BCUT2D eigenvalue weighted by atomic mass is 35.5. The van der Waals surface area contributed by atoms with E-state index in [1.54, 1.807) is 0 Å². The third kappa shape index (κ3) is 5.04. The maximum Gasteiger partial charge on any atom is 0.351 e. The smallest absolute Gasteiger partial charge is 0.351 e. The molecule has 0 N–H and O–H groups in total. The van der Waals surface area contributed by atoms with Crippen LogP contribution in [0.5, 0.6) is 0 Å². The van der Waals surface area contributed by atoms with Crippen LogP contribution < -0.4 is 0 Å². The van der Waals surface area contributed by atoms with E-state index in [0.717, 1.165) is 11.5 Å². The van der Waals surface area contributed by atoms with Crippen molar-refractivity contribution in [3.05, 3.63) is 0 Å². The van der Waals surface area contributed by atoms with Gasteiger partial charge in [-0.2, -0.15) is 0 Å². The molecule has 0 radical (unpaired) electrons. The highest BCUT2D eigenvalue weighted by Gasteiger charge is 2.48. The fraction of sp³-hybridized carbons (Fsp3) is 0.727. The molecule has 0 aromatic heterocycles. The fourth-order valence-corrected chi connectivity index (χ4v) is 1.84. The summed E-state index contributed by atoms with van der Waals surface area (Å²) in [6.07, 6.45) is 1.70. The second kappa shape index (κ2) is 7.30. The Balaban J connectivity index is 0.00000324. The van der Waals surface area contributed by atoms with Crippen LogP contribution in [0.4, 0.5) is 0 Å². The number of piperidine rings is 1. The van der Waals surface area contributed by atoms with Crippen LogP contribution in [-0.4, -0.2) is 35.4 Å². The maximum atomic E-state index is 11.1. The second-order valence-corrected chi connectivity index (χ2v) is 4.04. The zero-order valence-corrected chi connectivity index (χ0v) is 11.9. The molecule has 1 aliphatic rings. The molecule has 0 aromatic rings. The van der Waals surface area contributed by atoms with Crippen LogP contribution in [0.1, 0.15) is 40.0 Å². The zero-order valence-electron chi connectivity index (χ0n) is 11.1. The summed E-state index contributed by atoms with van der Waals surface area (Å²) in [6, 6.07) is 0. The zero-order chi connectivity index (χ0) is 13.8. The van der Waals surface area contributed by atoms with E-state index < -0.39 is 23.8 Å². The van der Waals surface area contributed by atoms with Gasteiger partial charge in [0, 0.05) is 33.7 Å². The molecule has 0 spiro atoms. The first-order chi connectivity index (χ1) is 8.35. The van der Waals surface area contributed by atoms with Gasteiger partial charge in [0.05, 0.1) is 0 Å². The van der Waals surface area contributed by atoms with Gasteiger partial charge in [0.25, 0.3) is 0 Å². The van der Waals surface area contributed by atoms with Crippen molar-refractivity contribution in [2.75, 3.05) is 6.54 Å². The molecule has 0 bridgehead atoms. The van der Waals surface area contributed by atoms with Gasteiger partial charge in [-0.15, -0.1) is 12.4 Å². The molecule has 7 nitrogen and oxygen atoms in total. The number of hydroxylamine groups is 2. The summed E-state index contributed by atoms with van der Waals surface area (Å²) in [5.74, 6) is -3.44. The van der Waals surface area contributed by atoms with E-state index in [0.29, 0.717) is 13.0 Å². The molecule has 0 aromatic carbocycles. The molecular weight excluding hydrogens is 278 g/mol. The van der Waals surface area contributed by atoms with Gasteiger partial charge in [-0.25, -0.2) is 0 Å². The van der Waals surface area contributed by atoms with Crippen LogP contribution in [-0.2, 0) is 28.7 Å². The molecule has 1 aliphatic heterocycles. The molecule has 0 atom stereocenters. The SMILES string of the molecule is CC(=O)ON1CCCCC1(OC(C)=O)OC(C)=O.Cl. The third-order valence-corrected chi connectivity index (χ3v) is 2.33. The molecule has 8 heteroatoms. The topological polar surface area (TPSA) is 82.1 Å². The van der Waals surface area contributed by atoms with E-state index in [1.165, 1.54) is 20.8 Å².